The summed E-state index contributed by atoms with van der Waals surface area (Å²) in [5, 5.41) is 0. The average molecular weight is 223 g/mol. The van der Waals surface area contributed by atoms with Gasteiger partial charge in [-0.05, 0) is 25.1 Å². The Balaban J connectivity index is 2.86. The summed E-state index contributed by atoms with van der Waals surface area (Å²) in [6.45, 7) is 2.35. The van der Waals surface area contributed by atoms with E-state index >= 15 is 0 Å². The van der Waals surface area contributed by atoms with Gasteiger partial charge >= 0.3 is 0 Å². The lowest BCUT2D eigenvalue weighted by Crippen LogP contribution is -2.07. The summed E-state index contributed by atoms with van der Waals surface area (Å²) in [6, 6.07) is 4.24. The van der Waals surface area contributed by atoms with Crippen LogP contribution in [0.15, 0.2) is 24.3 Å². The van der Waals surface area contributed by atoms with E-state index in [0.29, 0.717) is 17.9 Å². The monoisotopic (exact) mass is 223 g/mol. The van der Waals surface area contributed by atoms with Gasteiger partial charge < -0.3 is 10.5 Å². The summed E-state index contributed by atoms with van der Waals surface area (Å²) in [5.41, 5.74) is 5.59. The van der Waals surface area contributed by atoms with Crippen LogP contribution in [0.4, 0.5) is 4.39 Å². The maximum absolute atomic E-state index is 13.0. The van der Waals surface area contributed by atoms with Crippen molar-refractivity contribution < 1.29 is 13.9 Å². The molecular weight excluding hydrogens is 209 g/mol. The molecule has 0 heterocycles. The third-order valence-corrected chi connectivity index (χ3v) is 1.89. The number of rotatable bonds is 5. The molecule has 0 saturated heterocycles. The van der Waals surface area contributed by atoms with E-state index in [1.54, 1.807) is 18.2 Å². The highest BCUT2D eigenvalue weighted by molar-refractivity contribution is 5.76. The maximum Gasteiger partial charge on any atom is 0.221 e. The fourth-order valence-electron chi connectivity index (χ4n) is 1.24. The smallest absolute Gasteiger partial charge is 0.221 e. The molecule has 16 heavy (non-hydrogen) atoms. The van der Waals surface area contributed by atoms with Crippen molar-refractivity contribution in [3.63, 3.8) is 0 Å². The summed E-state index contributed by atoms with van der Waals surface area (Å²) in [4.78, 5) is 10.5. The second-order valence-corrected chi connectivity index (χ2v) is 3.19. The SMILES string of the molecule is CCOc1ccc(F)cc1C=CCC(N)=O. The summed E-state index contributed by atoms with van der Waals surface area (Å²) in [6.07, 6.45) is 3.33. The zero-order chi connectivity index (χ0) is 12.0. The van der Waals surface area contributed by atoms with Crippen molar-refractivity contribution in [2.24, 2.45) is 5.73 Å². The van der Waals surface area contributed by atoms with Crippen LogP contribution in [0.3, 0.4) is 0 Å². The summed E-state index contributed by atoms with van der Waals surface area (Å²) >= 11 is 0. The maximum atomic E-state index is 13.0. The first-order valence-corrected chi connectivity index (χ1v) is 5.00. The molecule has 1 rings (SSSR count). The lowest BCUT2D eigenvalue weighted by atomic mass is 10.1. The highest BCUT2D eigenvalue weighted by Crippen LogP contribution is 2.21. The molecule has 1 aromatic rings. The van der Waals surface area contributed by atoms with E-state index in [1.807, 2.05) is 6.92 Å². The Hall–Kier alpha value is -1.84. The Labute approximate surface area is 93.7 Å². The lowest BCUT2D eigenvalue weighted by molar-refractivity contribution is -0.117. The Morgan fingerprint density at radius 1 is 1.56 bits per heavy atom. The van der Waals surface area contributed by atoms with Crippen molar-refractivity contribution in [3.8, 4) is 5.75 Å². The van der Waals surface area contributed by atoms with Crippen LogP contribution in [0, 0.1) is 5.82 Å². The van der Waals surface area contributed by atoms with Gasteiger partial charge in [-0.1, -0.05) is 12.2 Å². The van der Waals surface area contributed by atoms with Crippen molar-refractivity contribution in [2.45, 2.75) is 13.3 Å². The molecule has 1 amide bonds. The van der Waals surface area contributed by atoms with Gasteiger partial charge in [-0.25, -0.2) is 4.39 Å². The quantitative estimate of drug-likeness (QED) is 0.831. The standard InChI is InChI=1S/C12H14FNO2/c1-2-16-11-7-6-10(13)8-9(11)4-3-5-12(14)15/h3-4,6-8H,2,5H2,1H3,(H2,14,15). The average Bonchev–Trinajstić information content (AvgIpc) is 2.21. The van der Waals surface area contributed by atoms with Crippen molar-refractivity contribution in [2.75, 3.05) is 6.61 Å². The Morgan fingerprint density at radius 3 is 2.94 bits per heavy atom. The van der Waals surface area contributed by atoms with E-state index < -0.39 is 5.91 Å². The molecule has 1 aromatic carbocycles. The predicted octanol–water partition coefficient (Wildman–Crippen LogP) is 2.11. The van der Waals surface area contributed by atoms with Gasteiger partial charge in [0, 0.05) is 12.0 Å². The molecular formula is C12H14FNO2. The Morgan fingerprint density at radius 2 is 2.31 bits per heavy atom. The molecule has 0 aromatic heterocycles. The molecule has 0 spiro atoms. The van der Waals surface area contributed by atoms with Gasteiger partial charge in [0.2, 0.25) is 5.91 Å². The van der Waals surface area contributed by atoms with Crippen LogP contribution >= 0.6 is 0 Å². The molecule has 0 atom stereocenters. The molecule has 3 nitrogen and oxygen atoms in total. The van der Waals surface area contributed by atoms with E-state index in [-0.39, 0.29) is 12.2 Å². The van der Waals surface area contributed by atoms with Crippen LogP contribution in [0.25, 0.3) is 6.08 Å². The molecule has 4 heteroatoms. The molecule has 0 aliphatic carbocycles. The third-order valence-electron chi connectivity index (χ3n) is 1.89. The van der Waals surface area contributed by atoms with Crippen molar-refractivity contribution >= 4 is 12.0 Å². The molecule has 0 aliphatic rings. The van der Waals surface area contributed by atoms with Gasteiger partial charge in [0.05, 0.1) is 6.61 Å². The summed E-state index contributed by atoms with van der Waals surface area (Å²) < 4.78 is 18.3. The van der Waals surface area contributed by atoms with E-state index in [0.717, 1.165) is 0 Å². The number of benzene rings is 1. The minimum Gasteiger partial charge on any atom is -0.493 e. The normalized spacial score (nSPS) is 10.6. The first-order valence-electron chi connectivity index (χ1n) is 5.00. The number of nitrogens with two attached hydrogens (primary N) is 1. The Kier molecular flexibility index (Phi) is 4.51. The van der Waals surface area contributed by atoms with Crippen molar-refractivity contribution in [1.82, 2.24) is 0 Å². The number of hydrogen-bond acceptors (Lipinski definition) is 2. The minimum atomic E-state index is -0.425. The molecule has 2 N–H and O–H groups in total. The lowest BCUT2D eigenvalue weighted by Gasteiger charge is -2.06. The van der Waals surface area contributed by atoms with Crippen LogP contribution in [-0.2, 0) is 4.79 Å². The van der Waals surface area contributed by atoms with E-state index in [1.165, 1.54) is 12.1 Å². The van der Waals surface area contributed by atoms with Gasteiger partial charge in [-0.15, -0.1) is 0 Å². The van der Waals surface area contributed by atoms with Crippen LogP contribution in [-0.4, -0.2) is 12.5 Å². The number of ether oxygens (including phenoxy) is 1. The molecule has 0 bridgehead atoms. The third kappa shape index (κ3) is 3.73. The highest BCUT2D eigenvalue weighted by atomic mass is 19.1. The first-order chi connectivity index (χ1) is 7.63. The molecule has 0 saturated carbocycles. The molecule has 0 fully saturated rings. The summed E-state index contributed by atoms with van der Waals surface area (Å²) in [5.74, 6) is -0.183. The van der Waals surface area contributed by atoms with E-state index in [4.69, 9.17) is 10.5 Å². The first kappa shape index (κ1) is 12.2. The number of halogens is 1. The van der Waals surface area contributed by atoms with E-state index in [2.05, 4.69) is 0 Å². The second-order valence-electron chi connectivity index (χ2n) is 3.19. The fraction of sp³-hybridized carbons (Fsp3) is 0.250. The van der Waals surface area contributed by atoms with Gasteiger partial charge in [-0.2, -0.15) is 0 Å². The zero-order valence-electron chi connectivity index (χ0n) is 9.07. The van der Waals surface area contributed by atoms with Crippen LogP contribution < -0.4 is 10.5 Å². The van der Waals surface area contributed by atoms with Crippen LogP contribution in [0.2, 0.25) is 0 Å². The highest BCUT2D eigenvalue weighted by Gasteiger charge is 2.01. The molecule has 0 radical (unpaired) electrons. The number of amides is 1. The molecule has 0 unspecified atom stereocenters. The van der Waals surface area contributed by atoms with Gasteiger partial charge in [-0.3, -0.25) is 4.79 Å². The molecule has 86 valence electrons. The van der Waals surface area contributed by atoms with Gasteiger partial charge in [0.1, 0.15) is 11.6 Å². The number of primary amides is 1. The summed E-state index contributed by atoms with van der Waals surface area (Å²) in [7, 11) is 0. The molecule has 0 aliphatic heterocycles. The van der Waals surface area contributed by atoms with Crippen molar-refractivity contribution in [3.05, 3.63) is 35.7 Å². The van der Waals surface area contributed by atoms with E-state index in [9.17, 15) is 9.18 Å². The van der Waals surface area contributed by atoms with Crippen molar-refractivity contribution in [1.29, 1.82) is 0 Å². The van der Waals surface area contributed by atoms with Gasteiger partial charge in [0.15, 0.2) is 0 Å². The Bertz CT molecular complexity index is 402. The minimum absolute atomic E-state index is 0.127. The van der Waals surface area contributed by atoms with Gasteiger partial charge in [0.25, 0.3) is 0 Å². The zero-order valence-corrected chi connectivity index (χ0v) is 9.07. The number of hydrogen-bond donors (Lipinski definition) is 1. The van der Waals surface area contributed by atoms with Crippen LogP contribution in [0.5, 0.6) is 5.75 Å². The predicted molar refractivity (Wildman–Crippen MR) is 60.4 cm³/mol. The second kappa shape index (κ2) is 5.90. The largest absolute Gasteiger partial charge is 0.493 e. The van der Waals surface area contributed by atoms with Crippen LogP contribution in [0.1, 0.15) is 18.9 Å². The topological polar surface area (TPSA) is 52.3 Å². The fourth-order valence-corrected chi connectivity index (χ4v) is 1.24. The number of carbonyl (C=O) groups excluding carboxylic acids is 1. The number of carbonyl (C=O) groups is 1.